The third kappa shape index (κ3) is 2.48. The number of amidine groups is 1. The molecule has 0 saturated carbocycles. The van der Waals surface area contributed by atoms with E-state index in [9.17, 15) is 9.59 Å². The van der Waals surface area contributed by atoms with Gasteiger partial charge in [0, 0.05) is 13.1 Å². The molecule has 0 aliphatic carbocycles. The minimum Gasteiger partial charge on any atom is -0.409 e. The number of aromatic nitrogens is 4. The van der Waals surface area contributed by atoms with E-state index in [1.165, 1.54) is 23.0 Å². The highest BCUT2D eigenvalue weighted by Gasteiger charge is 2.16. The standard InChI is InChI=1S/C10H11N7O3/c1-17-9(5(4-12-17)8(11)16-20)13-10(19)6-2-3-7(18)15-14-6/h2-4,20H,1H3,(H2,11,16)(H,13,19)(H,15,18). The molecule has 0 saturated heterocycles. The molecule has 20 heavy (non-hydrogen) atoms. The van der Waals surface area contributed by atoms with E-state index in [4.69, 9.17) is 10.9 Å². The van der Waals surface area contributed by atoms with Gasteiger partial charge in [0.2, 0.25) is 0 Å². The monoisotopic (exact) mass is 277 g/mol. The molecule has 0 radical (unpaired) electrons. The summed E-state index contributed by atoms with van der Waals surface area (Å²) in [5.41, 5.74) is 5.33. The summed E-state index contributed by atoms with van der Waals surface area (Å²) in [4.78, 5) is 22.8. The fourth-order valence-electron chi connectivity index (χ4n) is 1.47. The van der Waals surface area contributed by atoms with Gasteiger partial charge < -0.3 is 16.3 Å². The van der Waals surface area contributed by atoms with Gasteiger partial charge in [0.15, 0.2) is 5.84 Å². The Hall–Kier alpha value is -3.17. The van der Waals surface area contributed by atoms with Gasteiger partial charge >= 0.3 is 0 Å². The van der Waals surface area contributed by atoms with Crippen LogP contribution in [0.1, 0.15) is 16.1 Å². The Morgan fingerprint density at radius 3 is 2.90 bits per heavy atom. The maximum atomic E-state index is 12.0. The van der Waals surface area contributed by atoms with E-state index in [1.54, 1.807) is 7.05 Å². The lowest BCUT2D eigenvalue weighted by Crippen LogP contribution is -2.22. The van der Waals surface area contributed by atoms with Gasteiger partial charge in [-0.05, 0) is 6.07 Å². The van der Waals surface area contributed by atoms with Gasteiger partial charge in [-0.15, -0.1) is 0 Å². The van der Waals surface area contributed by atoms with E-state index in [-0.39, 0.29) is 22.9 Å². The number of aryl methyl sites for hydroxylation is 1. The molecule has 0 spiro atoms. The Bertz CT molecular complexity index is 710. The van der Waals surface area contributed by atoms with Crippen LogP contribution in [0.2, 0.25) is 0 Å². The molecule has 2 aromatic heterocycles. The minimum absolute atomic E-state index is 0.0104. The first kappa shape index (κ1) is 13.3. The molecule has 104 valence electrons. The zero-order chi connectivity index (χ0) is 14.7. The lowest BCUT2D eigenvalue weighted by molar-refractivity contribution is 0.102. The second kappa shape index (κ2) is 5.22. The van der Waals surface area contributed by atoms with E-state index in [0.717, 1.165) is 0 Å². The van der Waals surface area contributed by atoms with Crippen molar-refractivity contribution < 1.29 is 10.0 Å². The number of carbonyl (C=O) groups is 1. The first-order valence-corrected chi connectivity index (χ1v) is 5.40. The van der Waals surface area contributed by atoms with Crippen molar-refractivity contribution in [2.45, 2.75) is 0 Å². The third-order valence-corrected chi connectivity index (χ3v) is 2.47. The van der Waals surface area contributed by atoms with Crippen molar-refractivity contribution in [1.29, 1.82) is 0 Å². The summed E-state index contributed by atoms with van der Waals surface area (Å²) in [5.74, 6) is -0.530. The molecule has 2 rings (SSSR count). The molecule has 0 unspecified atom stereocenters. The largest absolute Gasteiger partial charge is 0.409 e. The molecule has 0 aliphatic rings. The fourth-order valence-corrected chi connectivity index (χ4v) is 1.47. The number of hydrogen-bond acceptors (Lipinski definition) is 6. The van der Waals surface area contributed by atoms with Crippen molar-refractivity contribution in [3.63, 3.8) is 0 Å². The number of anilines is 1. The molecule has 2 heterocycles. The number of carbonyl (C=O) groups excluding carboxylic acids is 1. The van der Waals surface area contributed by atoms with Crippen molar-refractivity contribution in [3.05, 3.63) is 39.9 Å². The minimum atomic E-state index is -0.572. The van der Waals surface area contributed by atoms with Gasteiger partial charge in [0.1, 0.15) is 11.5 Å². The second-order valence-electron chi connectivity index (χ2n) is 3.78. The van der Waals surface area contributed by atoms with Crippen LogP contribution in [0.5, 0.6) is 0 Å². The molecule has 5 N–H and O–H groups in total. The summed E-state index contributed by atoms with van der Waals surface area (Å²) in [6, 6.07) is 2.45. The molecular weight excluding hydrogens is 266 g/mol. The van der Waals surface area contributed by atoms with Crippen LogP contribution in [0.15, 0.2) is 28.3 Å². The highest BCUT2D eigenvalue weighted by molar-refractivity contribution is 6.08. The number of oxime groups is 1. The summed E-state index contributed by atoms with van der Waals surface area (Å²) < 4.78 is 1.34. The van der Waals surface area contributed by atoms with Crippen molar-refractivity contribution >= 4 is 17.6 Å². The van der Waals surface area contributed by atoms with Crippen LogP contribution in [-0.2, 0) is 7.05 Å². The maximum Gasteiger partial charge on any atom is 0.277 e. The summed E-state index contributed by atoms with van der Waals surface area (Å²) in [5, 5.41) is 23.7. The van der Waals surface area contributed by atoms with Crippen LogP contribution in [0.3, 0.4) is 0 Å². The Morgan fingerprint density at radius 1 is 1.55 bits per heavy atom. The van der Waals surface area contributed by atoms with Gasteiger partial charge in [0.05, 0.1) is 11.8 Å². The predicted molar refractivity (Wildman–Crippen MR) is 68.5 cm³/mol. The van der Waals surface area contributed by atoms with Gasteiger partial charge in [-0.2, -0.15) is 10.2 Å². The Morgan fingerprint density at radius 2 is 2.30 bits per heavy atom. The van der Waals surface area contributed by atoms with Gasteiger partial charge in [-0.25, -0.2) is 5.10 Å². The van der Waals surface area contributed by atoms with E-state index in [2.05, 4.69) is 25.8 Å². The first-order valence-electron chi connectivity index (χ1n) is 5.40. The number of nitrogens with one attached hydrogen (secondary N) is 2. The zero-order valence-electron chi connectivity index (χ0n) is 10.4. The van der Waals surface area contributed by atoms with Crippen LogP contribution in [0, 0.1) is 0 Å². The normalized spacial score (nSPS) is 11.3. The maximum absolute atomic E-state index is 12.0. The SMILES string of the molecule is Cn1ncc(/C(N)=N/O)c1NC(=O)c1ccc(=O)[nH]n1. The summed E-state index contributed by atoms with van der Waals surface area (Å²) in [6.45, 7) is 0. The van der Waals surface area contributed by atoms with Crippen LogP contribution >= 0.6 is 0 Å². The highest BCUT2D eigenvalue weighted by atomic mass is 16.4. The fraction of sp³-hybridized carbons (Fsp3) is 0.100. The Kier molecular flexibility index (Phi) is 3.46. The van der Waals surface area contributed by atoms with E-state index < -0.39 is 11.5 Å². The van der Waals surface area contributed by atoms with Crippen molar-refractivity contribution in [1.82, 2.24) is 20.0 Å². The number of nitrogens with zero attached hydrogens (tertiary/aromatic N) is 4. The highest BCUT2D eigenvalue weighted by Crippen LogP contribution is 2.14. The summed E-state index contributed by atoms with van der Waals surface area (Å²) >= 11 is 0. The smallest absolute Gasteiger partial charge is 0.277 e. The van der Waals surface area contributed by atoms with Gasteiger partial charge in [-0.3, -0.25) is 14.3 Å². The number of rotatable bonds is 3. The van der Waals surface area contributed by atoms with E-state index in [0.29, 0.717) is 0 Å². The lowest BCUT2D eigenvalue weighted by Gasteiger charge is -2.06. The van der Waals surface area contributed by atoms with Crippen LogP contribution in [-0.4, -0.2) is 36.9 Å². The van der Waals surface area contributed by atoms with Gasteiger partial charge in [-0.1, -0.05) is 5.16 Å². The lowest BCUT2D eigenvalue weighted by atomic mass is 10.3. The Balaban J connectivity index is 2.30. The number of aromatic amines is 1. The number of H-pyrrole nitrogens is 1. The predicted octanol–water partition coefficient (Wildman–Crippen LogP) is -1.15. The summed E-state index contributed by atoms with van der Waals surface area (Å²) in [6.07, 6.45) is 1.34. The van der Waals surface area contributed by atoms with Crippen LogP contribution in [0.25, 0.3) is 0 Å². The van der Waals surface area contributed by atoms with Crippen LogP contribution < -0.4 is 16.6 Å². The molecule has 10 nitrogen and oxygen atoms in total. The number of amides is 1. The number of nitrogens with two attached hydrogens (primary N) is 1. The number of hydrogen-bond donors (Lipinski definition) is 4. The Labute approximate surface area is 111 Å². The quantitative estimate of drug-likeness (QED) is 0.240. The van der Waals surface area contributed by atoms with Crippen molar-refractivity contribution in [2.75, 3.05) is 5.32 Å². The molecule has 0 bridgehead atoms. The van der Waals surface area contributed by atoms with Gasteiger partial charge in [0.25, 0.3) is 11.5 Å². The average molecular weight is 277 g/mol. The van der Waals surface area contributed by atoms with Crippen molar-refractivity contribution in [2.24, 2.45) is 17.9 Å². The second-order valence-corrected chi connectivity index (χ2v) is 3.78. The topological polar surface area (TPSA) is 151 Å². The summed E-state index contributed by atoms with van der Waals surface area (Å²) in [7, 11) is 1.57. The van der Waals surface area contributed by atoms with E-state index in [1.807, 2.05) is 0 Å². The molecule has 0 atom stereocenters. The molecular formula is C10H11N7O3. The van der Waals surface area contributed by atoms with Crippen molar-refractivity contribution in [3.8, 4) is 0 Å². The molecule has 0 aromatic carbocycles. The third-order valence-electron chi connectivity index (χ3n) is 2.47. The van der Waals surface area contributed by atoms with E-state index >= 15 is 0 Å². The molecule has 10 heteroatoms. The molecule has 0 aliphatic heterocycles. The molecule has 1 amide bonds. The van der Waals surface area contributed by atoms with Crippen LogP contribution in [0.4, 0.5) is 5.82 Å². The zero-order valence-corrected chi connectivity index (χ0v) is 10.4. The molecule has 0 fully saturated rings. The average Bonchev–Trinajstić information content (AvgIpc) is 2.80. The molecule has 2 aromatic rings. The first-order chi connectivity index (χ1) is 9.52.